The number of carbonyl (C=O) groups is 1. The standard InChI is InChI=1S/C13H15ClFNO3S/c1-13(3-2-4-13)8-16-12(17)9-5-10(15)7-11(6-9)20(14,18)19/h5-7H,2-4,8H2,1H3,(H,16,17). The van der Waals surface area contributed by atoms with E-state index in [4.69, 9.17) is 10.7 Å². The van der Waals surface area contributed by atoms with Gasteiger partial charge in [0.15, 0.2) is 0 Å². The summed E-state index contributed by atoms with van der Waals surface area (Å²) in [4.78, 5) is 11.5. The topological polar surface area (TPSA) is 63.2 Å². The Labute approximate surface area is 121 Å². The first-order chi connectivity index (χ1) is 9.20. The summed E-state index contributed by atoms with van der Waals surface area (Å²) < 4.78 is 35.8. The second-order valence-corrected chi connectivity index (χ2v) is 8.03. The highest BCUT2D eigenvalue weighted by atomic mass is 35.7. The van der Waals surface area contributed by atoms with Gasteiger partial charge < -0.3 is 5.32 Å². The van der Waals surface area contributed by atoms with E-state index in [0.717, 1.165) is 37.5 Å². The molecule has 2 rings (SSSR count). The molecule has 110 valence electrons. The third-order valence-corrected chi connectivity index (χ3v) is 4.98. The maximum absolute atomic E-state index is 13.4. The first-order valence-electron chi connectivity index (χ1n) is 6.23. The Hall–Kier alpha value is -1.14. The molecule has 1 saturated carbocycles. The van der Waals surface area contributed by atoms with E-state index in [1.807, 2.05) is 0 Å². The fourth-order valence-corrected chi connectivity index (χ4v) is 2.98. The number of nitrogens with one attached hydrogen (secondary N) is 1. The molecule has 4 nitrogen and oxygen atoms in total. The predicted molar refractivity (Wildman–Crippen MR) is 73.7 cm³/mol. The van der Waals surface area contributed by atoms with Crippen molar-refractivity contribution >= 4 is 25.6 Å². The van der Waals surface area contributed by atoms with Crippen molar-refractivity contribution in [3.63, 3.8) is 0 Å². The van der Waals surface area contributed by atoms with Crippen LogP contribution in [0.3, 0.4) is 0 Å². The van der Waals surface area contributed by atoms with Crippen molar-refractivity contribution in [2.45, 2.75) is 31.1 Å². The molecule has 0 spiro atoms. The van der Waals surface area contributed by atoms with Crippen LogP contribution in [0, 0.1) is 11.2 Å². The van der Waals surface area contributed by atoms with Gasteiger partial charge in [-0.3, -0.25) is 4.79 Å². The fourth-order valence-electron chi connectivity index (χ4n) is 2.19. The van der Waals surface area contributed by atoms with Crippen LogP contribution in [0.5, 0.6) is 0 Å². The number of hydrogen-bond acceptors (Lipinski definition) is 3. The van der Waals surface area contributed by atoms with E-state index in [2.05, 4.69) is 12.2 Å². The van der Waals surface area contributed by atoms with Gasteiger partial charge in [0.1, 0.15) is 5.82 Å². The van der Waals surface area contributed by atoms with Crippen molar-refractivity contribution in [2.24, 2.45) is 5.41 Å². The van der Waals surface area contributed by atoms with Crippen LogP contribution in [0.4, 0.5) is 4.39 Å². The lowest BCUT2D eigenvalue weighted by Gasteiger charge is -2.38. The van der Waals surface area contributed by atoms with Crippen molar-refractivity contribution in [1.82, 2.24) is 5.32 Å². The molecule has 0 aliphatic heterocycles. The molecular weight excluding hydrogens is 305 g/mol. The van der Waals surface area contributed by atoms with Gasteiger partial charge in [-0.2, -0.15) is 0 Å². The van der Waals surface area contributed by atoms with E-state index in [-0.39, 0.29) is 11.0 Å². The van der Waals surface area contributed by atoms with Crippen LogP contribution in [-0.2, 0) is 9.05 Å². The first-order valence-corrected chi connectivity index (χ1v) is 8.54. The third-order valence-electron chi connectivity index (χ3n) is 3.65. The van der Waals surface area contributed by atoms with Crippen LogP contribution >= 0.6 is 10.7 Å². The van der Waals surface area contributed by atoms with Gasteiger partial charge in [-0.15, -0.1) is 0 Å². The van der Waals surface area contributed by atoms with Gasteiger partial charge in [-0.05, 0) is 36.5 Å². The van der Waals surface area contributed by atoms with E-state index >= 15 is 0 Å². The molecule has 0 aromatic heterocycles. The van der Waals surface area contributed by atoms with Crippen molar-refractivity contribution in [3.05, 3.63) is 29.6 Å². The molecule has 1 aliphatic carbocycles. The number of hydrogen-bond donors (Lipinski definition) is 1. The van der Waals surface area contributed by atoms with Crippen LogP contribution in [0.1, 0.15) is 36.5 Å². The highest BCUT2D eigenvalue weighted by Gasteiger charge is 2.32. The van der Waals surface area contributed by atoms with Gasteiger partial charge in [-0.1, -0.05) is 13.3 Å². The summed E-state index contributed by atoms with van der Waals surface area (Å²) in [6.07, 6.45) is 3.22. The number of rotatable bonds is 4. The molecule has 1 fully saturated rings. The Morgan fingerprint density at radius 2 is 2.05 bits per heavy atom. The van der Waals surface area contributed by atoms with E-state index in [1.54, 1.807) is 0 Å². The van der Waals surface area contributed by atoms with Gasteiger partial charge in [0.05, 0.1) is 4.90 Å². The molecule has 1 N–H and O–H groups in total. The summed E-state index contributed by atoms with van der Waals surface area (Å²) in [7, 11) is 1.10. The molecule has 1 aromatic rings. The highest BCUT2D eigenvalue weighted by molar-refractivity contribution is 8.13. The summed E-state index contributed by atoms with van der Waals surface area (Å²) in [5, 5.41) is 2.70. The average Bonchev–Trinajstić information content (AvgIpc) is 2.31. The van der Waals surface area contributed by atoms with Crippen LogP contribution < -0.4 is 5.32 Å². The minimum Gasteiger partial charge on any atom is -0.351 e. The smallest absolute Gasteiger partial charge is 0.261 e. The maximum Gasteiger partial charge on any atom is 0.261 e. The van der Waals surface area contributed by atoms with E-state index in [9.17, 15) is 17.6 Å². The Kier molecular flexibility index (Phi) is 4.07. The second-order valence-electron chi connectivity index (χ2n) is 5.46. The number of halogens is 2. The molecule has 0 heterocycles. The molecule has 0 radical (unpaired) electrons. The second kappa shape index (κ2) is 5.33. The lowest BCUT2D eigenvalue weighted by molar-refractivity contribution is 0.0890. The quantitative estimate of drug-likeness (QED) is 0.868. The fraction of sp³-hybridized carbons (Fsp3) is 0.462. The first kappa shape index (κ1) is 15.3. The van der Waals surface area contributed by atoms with Crippen molar-refractivity contribution < 1.29 is 17.6 Å². The molecule has 0 saturated heterocycles. The monoisotopic (exact) mass is 319 g/mol. The SMILES string of the molecule is CC1(CNC(=O)c2cc(F)cc(S(=O)(=O)Cl)c2)CCC1. The lowest BCUT2D eigenvalue weighted by Crippen LogP contribution is -2.40. The van der Waals surface area contributed by atoms with Crippen molar-refractivity contribution in [2.75, 3.05) is 6.54 Å². The van der Waals surface area contributed by atoms with Crippen molar-refractivity contribution in [1.29, 1.82) is 0 Å². The molecular formula is C13H15ClFNO3S. The van der Waals surface area contributed by atoms with Gasteiger partial charge >= 0.3 is 0 Å². The number of benzene rings is 1. The average molecular weight is 320 g/mol. The number of amides is 1. The van der Waals surface area contributed by atoms with Crippen molar-refractivity contribution in [3.8, 4) is 0 Å². The molecule has 1 aliphatic rings. The van der Waals surface area contributed by atoms with E-state index < -0.39 is 25.7 Å². The molecule has 7 heteroatoms. The normalized spacial score (nSPS) is 17.4. The predicted octanol–water partition coefficient (Wildman–Crippen LogP) is 2.67. The Bertz CT molecular complexity index is 641. The van der Waals surface area contributed by atoms with Gasteiger partial charge in [-0.25, -0.2) is 12.8 Å². The Morgan fingerprint density at radius 1 is 1.40 bits per heavy atom. The Morgan fingerprint density at radius 3 is 2.55 bits per heavy atom. The third kappa shape index (κ3) is 3.49. The molecule has 20 heavy (non-hydrogen) atoms. The molecule has 1 aromatic carbocycles. The largest absolute Gasteiger partial charge is 0.351 e. The van der Waals surface area contributed by atoms with E-state index in [1.165, 1.54) is 0 Å². The van der Waals surface area contributed by atoms with Crippen LogP contribution in [0.2, 0.25) is 0 Å². The zero-order valence-corrected chi connectivity index (χ0v) is 12.5. The van der Waals surface area contributed by atoms with Gasteiger partial charge in [0.2, 0.25) is 0 Å². The van der Waals surface area contributed by atoms with E-state index in [0.29, 0.717) is 6.54 Å². The van der Waals surface area contributed by atoms with Gasteiger partial charge in [0.25, 0.3) is 15.0 Å². The lowest BCUT2D eigenvalue weighted by atomic mass is 9.70. The number of carbonyl (C=O) groups excluding carboxylic acids is 1. The minimum atomic E-state index is -4.07. The van der Waals surface area contributed by atoms with Crippen LogP contribution in [0.25, 0.3) is 0 Å². The zero-order chi connectivity index (χ0) is 15.0. The summed E-state index contributed by atoms with van der Waals surface area (Å²) in [6.45, 7) is 2.56. The molecule has 1 amide bonds. The molecule has 0 bridgehead atoms. The summed E-state index contributed by atoms with van der Waals surface area (Å²) in [5.41, 5.74) is 0.0387. The Balaban J connectivity index is 2.15. The zero-order valence-electron chi connectivity index (χ0n) is 10.9. The van der Waals surface area contributed by atoms with Crippen LogP contribution in [0.15, 0.2) is 23.1 Å². The maximum atomic E-state index is 13.4. The summed E-state index contributed by atoms with van der Waals surface area (Å²) in [5.74, 6) is -1.31. The summed E-state index contributed by atoms with van der Waals surface area (Å²) >= 11 is 0. The highest BCUT2D eigenvalue weighted by Crippen LogP contribution is 2.39. The van der Waals surface area contributed by atoms with Crippen LogP contribution in [-0.4, -0.2) is 20.9 Å². The minimum absolute atomic E-state index is 0.0489. The molecule has 0 unspecified atom stereocenters. The van der Waals surface area contributed by atoms with Gasteiger partial charge in [0, 0.05) is 22.8 Å². The molecule has 0 atom stereocenters. The summed E-state index contributed by atoms with van der Waals surface area (Å²) in [6, 6.07) is 2.85.